The van der Waals surface area contributed by atoms with Crippen LogP contribution in [0.5, 0.6) is 0 Å². The van der Waals surface area contributed by atoms with Gasteiger partial charge >= 0.3 is 5.69 Å². The number of nitrogens with zero attached hydrogens (tertiary/aromatic N) is 5. The third-order valence-electron chi connectivity index (χ3n) is 4.65. The minimum Gasteiger partial charge on any atom is -0.366 e. The minimum absolute atomic E-state index is 0.136. The Balaban J connectivity index is 1.77. The number of nitrogens with one attached hydrogen (secondary N) is 2. The maximum atomic E-state index is 14.5. The molecule has 0 spiro atoms. The van der Waals surface area contributed by atoms with E-state index in [1.165, 1.54) is 23.4 Å². The Morgan fingerprint density at radius 2 is 2.07 bits per heavy atom. The fourth-order valence-corrected chi connectivity index (χ4v) is 3.07. The molecule has 0 saturated carbocycles. The smallest absolute Gasteiger partial charge is 0.343 e. The molecule has 1 aromatic heterocycles. The number of carbonyl (C=O) groups is 2. The number of nitriles is 1. The van der Waals surface area contributed by atoms with Gasteiger partial charge in [0.05, 0.1) is 17.3 Å². The lowest BCUT2D eigenvalue weighted by molar-refractivity contribution is -0.132. The summed E-state index contributed by atoms with van der Waals surface area (Å²) in [5.41, 5.74) is -0.00121. The van der Waals surface area contributed by atoms with Gasteiger partial charge in [-0.2, -0.15) is 10.4 Å². The Morgan fingerprint density at radius 1 is 1.24 bits per heavy atom. The molecule has 2 amide bonds. The Hall–Kier alpha value is -3.68. The predicted octanol–water partition coefficient (Wildman–Crippen LogP) is -0.563. The lowest BCUT2D eigenvalue weighted by Crippen LogP contribution is -2.46. The first-order valence-corrected chi connectivity index (χ1v) is 9.07. The number of H-pyrrole nitrogens is 1. The van der Waals surface area contributed by atoms with E-state index < -0.39 is 11.5 Å². The number of hydrogen-bond donors (Lipinski definition) is 2. The standard InChI is InChI=1S/C18H20FN7O3/c19-14-9-13(10-20)1-2-15(14)24-6-4-21-16(27)3-5-25(8-7-24)17(28)11-26-12-22-23-18(26)29/h1-2,9,12H,3-8,11H2,(H,21,27)(H,23,29). The highest BCUT2D eigenvalue weighted by Crippen LogP contribution is 2.20. The largest absolute Gasteiger partial charge is 0.366 e. The van der Waals surface area contributed by atoms with E-state index in [2.05, 4.69) is 15.5 Å². The lowest BCUT2D eigenvalue weighted by Gasteiger charge is -2.31. The van der Waals surface area contributed by atoms with E-state index in [4.69, 9.17) is 5.26 Å². The van der Waals surface area contributed by atoms with Crippen molar-refractivity contribution < 1.29 is 14.0 Å². The molecule has 1 aromatic carbocycles. The highest BCUT2D eigenvalue weighted by atomic mass is 19.1. The van der Waals surface area contributed by atoms with Gasteiger partial charge in [0.2, 0.25) is 11.8 Å². The van der Waals surface area contributed by atoms with E-state index in [9.17, 15) is 18.8 Å². The SMILES string of the molecule is N#Cc1ccc(N2CCNC(=O)CCN(C(=O)Cn3cn[nH]c3=O)CC2)c(F)c1. The molecule has 29 heavy (non-hydrogen) atoms. The number of rotatable bonds is 3. The van der Waals surface area contributed by atoms with E-state index in [0.717, 1.165) is 10.6 Å². The van der Waals surface area contributed by atoms with Crippen LogP contribution in [0.2, 0.25) is 0 Å². The summed E-state index contributed by atoms with van der Waals surface area (Å²) in [6, 6.07) is 6.07. The monoisotopic (exact) mass is 401 g/mol. The van der Waals surface area contributed by atoms with E-state index in [-0.39, 0.29) is 49.1 Å². The van der Waals surface area contributed by atoms with Crippen LogP contribution in [0.3, 0.4) is 0 Å². The zero-order valence-electron chi connectivity index (χ0n) is 15.6. The molecule has 0 radical (unpaired) electrons. The molecule has 11 heteroatoms. The van der Waals surface area contributed by atoms with Gasteiger partial charge in [0.1, 0.15) is 18.7 Å². The van der Waals surface area contributed by atoms with Crippen LogP contribution >= 0.6 is 0 Å². The van der Waals surface area contributed by atoms with Gasteiger partial charge in [-0.1, -0.05) is 0 Å². The summed E-state index contributed by atoms with van der Waals surface area (Å²) in [5, 5.41) is 17.5. The maximum absolute atomic E-state index is 14.5. The van der Waals surface area contributed by atoms with E-state index in [1.54, 1.807) is 4.90 Å². The first kappa shape index (κ1) is 20.1. The number of anilines is 1. The second-order valence-corrected chi connectivity index (χ2v) is 6.54. The third kappa shape index (κ3) is 4.98. The maximum Gasteiger partial charge on any atom is 0.343 e. The third-order valence-corrected chi connectivity index (χ3v) is 4.65. The lowest BCUT2D eigenvalue weighted by atomic mass is 10.2. The molecule has 1 aliphatic heterocycles. The second kappa shape index (κ2) is 9.01. The highest BCUT2D eigenvalue weighted by Gasteiger charge is 2.21. The summed E-state index contributed by atoms with van der Waals surface area (Å²) in [7, 11) is 0. The molecule has 10 nitrogen and oxygen atoms in total. The van der Waals surface area contributed by atoms with Crippen molar-refractivity contribution in [3.8, 4) is 6.07 Å². The molecular weight excluding hydrogens is 381 g/mol. The summed E-state index contributed by atoms with van der Waals surface area (Å²) in [5.74, 6) is -1.11. The number of carbonyl (C=O) groups excluding carboxylic acids is 2. The summed E-state index contributed by atoms with van der Waals surface area (Å²) >= 11 is 0. The van der Waals surface area contributed by atoms with Gasteiger partial charge in [-0.05, 0) is 18.2 Å². The van der Waals surface area contributed by atoms with Crippen molar-refractivity contribution in [2.75, 3.05) is 37.6 Å². The Bertz CT molecular complexity index is 994. The minimum atomic E-state index is -0.546. The van der Waals surface area contributed by atoms with Crippen molar-refractivity contribution in [2.45, 2.75) is 13.0 Å². The zero-order chi connectivity index (χ0) is 20.8. The van der Waals surface area contributed by atoms with Gasteiger partial charge in [0, 0.05) is 39.1 Å². The van der Waals surface area contributed by atoms with Crippen LogP contribution in [0.4, 0.5) is 10.1 Å². The van der Waals surface area contributed by atoms with Gasteiger partial charge in [0.25, 0.3) is 0 Å². The molecule has 3 rings (SSSR count). The van der Waals surface area contributed by atoms with Crippen LogP contribution in [0.25, 0.3) is 0 Å². The molecule has 0 aliphatic carbocycles. The van der Waals surface area contributed by atoms with Crippen molar-refractivity contribution in [1.29, 1.82) is 5.26 Å². The molecule has 2 N–H and O–H groups in total. The number of aromatic amines is 1. The zero-order valence-corrected chi connectivity index (χ0v) is 15.6. The topological polar surface area (TPSA) is 127 Å². The van der Waals surface area contributed by atoms with Crippen molar-refractivity contribution in [2.24, 2.45) is 0 Å². The summed E-state index contributed by atoms with van der Waals surface area (Å²) in [6.45, 7) is 1.22. The van der Waals surface area contributed by atoms with E-state index in [0.29, 0.717) is 19.6 Å². The Morgan fingerprint density at radius 3 is 2.76 bits per heavy atom. The number of halogens is 1. The summed E-state index contributed by atoms with van der Waals surface area (Å²) in [4.78, 5) is 39.4. The number of hydrogen-bond acceptors (Lipinski definition) is 6. The van der Waals surface area contributed by atoms with Crippen LogP contribution in [-0.4, -0.2) is 64.2 Å². The van der Waals surface area contributed by atoms with Gasteiger partial charge in [-0.3, -0.25) is 14.2 Å². The fourth-order valence-electron chi connectivity index (χ4n) is 3.07. The van der Waals surface area contributed by atoms with Crippen molar-refractivity contribution in [3.63, 3.8) is 0 Å². The van der Waals surface area contributed by atoms with Gasteiger partial charge < -0.3 is 15.1 Å². The molecule has 152 valence electrons. The molecule has 1 aliphatic rings. The molecular formula is C18H20FN7O3. The highest BCUT2D eigenvalue weighted by molar-refractivity contribution is 5.79. The number of amides is 2. The van der Waals surface area contributed by atoms with Crippen molar-refractivity contribution in [3.05, 3.63) is 46.4 Å². The first-order chi connectivity index (χ1) is 14.0. The van der Waals surface area contributed by atoms with Crippen LogP contribution in [0.15, 0.2) is 29.3 Å². The number of benzene rings is 1. The van der Waals surface area contributed by atoms with Gasteiger partial charge in [-0.25, -0.2) is 14.3 Å². The second-order valence-electron chi connectivity index (χ2n) is 6.54. The molecule has 1 fully saturated rings. The predicted molar refractivity (Wildman–Crippen MR) is 100 cm³/mol. The molecule has 2 aromatic rings. The van der Waals surface area contributed by atoms with Crippen LogP contribution in [0, 0.1) is 17.1 Å². The molecule has 2 heterocycles. The fraction of sp³-hybridized carbons (Fsp3) is 0.389. The Labute approximate surface area is 165 Å². The molecule has 0 atom stereocenters. The normalized spacial score (nSPS) is 15.5. The average molecular weight is 401 g/mol. The quantitative estimate of drug-likeness (QED) is 0.710. The van der Waals surface area contributed by atoms with Crippen molar-refractivity contribution in [1.82, 2.24) is 25.0 Å². The van der Waals surface area contributed by atoms with Gasteiger partial charge in [-0.15, -0.1) is 0 Å². The van der Waals surface area contributed by atoms with Crippen molar-refractivity contribution >= 4 is 17.5 Å². The summed E-state index contributed by atoms with van der Waals surface area (Å²) < 4.78 is 15.6. The molecule has 0 bridgehead atoms. The Kier molecular flexibility index (Phi) is 6.23. The van der Waals surface area contributed by atoms with Crippen LogP contribution in [-0.2, 0) is 16.1 Å². The summed E-state index contributed by atoms with van der Waals surface area (Å²) in [6.07, 6.45) is 1.37. The molecule has 1 saturated heterocycles. The van der Waals surface area contributed by atoms with Gasteiger partial charge in [0.15, 0.2) is 0 Å². The van der Waals surface area contributed by atoms with Crippen LogP contribution in [0.1, 0.15) is 12.0 Å². The molecule has 0 unspecified atom stereocenters. The average Bonchev–Trinajstić information content (AvgIpc) is 3.11. The van der Waals surface area contributed by atoms with Crippen LogP contribution < -0.4 is 15.9 Å². The number of aromatic nitrogens is 3. The van der Waals surface area contributed by atoms with E-state index >= 15 is 0 Å². The first-order valence-electron chi connectivity index (χ1n) is 9.07. The van der Waals surface area contributed by atoms with E-state index in [1.807, 2.05) is 6.07 Å².